The van der Waals surface area contributed by atoms with Gasteiger partial charge in [-0.1, -0.05) is 0 Å². The largest absolute Gasteiger partial charge is 0.481 e. The molecule has 0 bridgehead atoms. The number of carboxylic acid groups (broad SMARTS) is 1. The van der Waals surface area contributed by atoms with Crippen LogP contribution in [-0.2, 0) is 9.53 Å². The Morgan fingerprint density at radius 2 is 2.06 bits per heavy atom. The Labute approximate surface area is 97.9 Å². The first-order valence-corrected chi connectivity index (χ1v) is 5.34. The van der Waals surface area contributed by atoms with Gasteiger partial charge in [-0.25, -0.2) is 0 Å². The van der Waals surface area contributed by atoms with Crippen molar-refractivity contribution in [3.05, 3.63) is 0 Å². The zero-order valence-corrected chi connectivity index (χ0v) is 9.67. The fraction of sp³-hybridized carbons (Fsp3) is 0.900. The maximum atomic E-state index is 11.8. The maximum absolute atomic E-state index is 11.8. The fourth-order valence-electron chi connectivity index (χ4n) is 1.42. The first-order valence-electron chi connectivity index (χ1n) is 5.34. The summed E-state index contributed by atoms with van der Waals surface area (Å²) in [4.78, 5) is 10.5. The SMILES string of the molecule is CC(CC(CN)CC(=O)O)OCCC(F)(F)F. The van der Waals surface area contributed by atoms with Crippen LogP contribution in [0.5, 0.6) is 0 Å². The molecule has 17 heavy (non-hydrogen) atoms. The van der Waals surface area contributed by atoms with E-state index in [9.17, 15) is 18.0 Å². The maximum Gasteiger partial charge on any atom is 0.391 e. The van der Waals surface area contributed by atoms with Gasteiger partial charge in [-0.3, -0.25) is 4.79 Å². The molecule has 0 amide bonds. The summed E-state index contributed by atoms with van der Waals surface area (Å²) in [6.07, 6.45) is -5.40. The average molecular weight is 257 g/mol. The van der Waals surface area contributed by atoms with Gasteiger partial charge in [0, 0.05) is 6.42 Å². The molecule has 0 saturated carbocycles. The lowest BCUT2D eigenvalue weighted by Crippen LogP contribution is -2.24. The van der Waals surface area contributed by atoms with Gasteiger partial charge in [0.2, 0.25) is 0 Å². The third-order valence-corrected chi connectivity index (χ3v) is 2.25. The smallest absolute Gasteiger partial charge is 0.391 e. The van der Waals surface area contributed by atoms with Crippen molar-refractivity contribution in [2.24, 2.45) is 11.7 Å². The highest BCUT2D eigenvalue weighted by Crippen LogP contribution is 2.20. The summed E-state index contributed by atoms with van der Waals surface area (Å²) in [6, 6.07) is 0. The van der Waals surface area contributed by atoms with E-state index in [1.807, 2.05) is 0 Å². The summed E-state index contributed by atoms with van der Waals surface area (Å²) < 4.78 is 40.5. The Hall–Kier alpha value is -0.820. The summed E-state index contributed by atoms with van der Waals surface area (Å²) in [5, 5.41) is 8.57. The molecule has 0 spiro atoms. The number of aliphatic carboxylic acids is 1. The normalized spacial score (nSPS) is 15.6. The molecule has 4 nitrogen and oxygen atoms in total. The molecule has 3 N–H and O–H groups in total. The molecule has 0 heterocycles. The highest BCUT2D eigenvalue weighted by molar-refractivity contribution is 5.67. The molecule has 2 atom stereocenters. The topological polar surface area (TPSA) is 72.6 Å². The van der Waals surface area contributed by atoms with Gasteiger partial charge >= 0.3 is 12.1 Å². The minimum absolute atomic E-state index is 0.0938. The third kappa shape index (κ3) is 10.1. The highest BCUT2D eigenvalue weighted by Gasteiger charge is 2.27. The van der Waals surface area contributed by atoms with Gasteiger partial charge in [0.05, 0.1) is 19.1 Å². The lowest BCUT2D eigenvalue weighted by atomic mass is 9.99. The lowest BCUT2D eigenvalue weighted by molar-refractivity contribution is -0.149. The fourth-order valence-corrected chi connectivity index (χ4v) is 1.42. The van der Waals surface area contributed by atoms with E-state index in [4.69, 9.17) is 15.6 Å². The molecule has 0 aromatic rings. The third-order valence-electron chi connectivity index (χ3n) is 2.25. The molecule has 7 heteroatoms. The summed E-state index contributed by atoms with van der Waals surface area (Å²) in [6.45, 7) is 1.38. The van der Waals surface area contributed by atoms with Crippen molar-refractivity contribution in [3.8, 4) is 0 Å². The van der Waals surface area contributed by atoms with Crippen LogP contribution in [0.15, 0.2) is 0 Å². The van der Waals surface area contributed by atoms with Crippen molar-refractivity contribution < 1.29 is 27.8 Å². The van der Waals surface area contributed by atoms with E-state index in [0.717, 1.165) is 0 Å². The summed E-state index contributed by atoms with van der Waals surface area (Å²) in [5.41, 5.74) is 5.37. The minimum Gasteiger partial charge on any atom is -0.481 e. The van der Waals surface area contributed by atoms with Crippen molar-refractivity contribution in [1.82, 2.24) is 0 Å². The quantitative estimate of drug-likeness (QED) is 0.695. The number of halogens is 3. The van der Waals surface area contributed by atoms with Gasteiger partial charge < -0.3 is 15.6 Å². The first kappa shape index (κ1) is 16.2. The number of carboxylic acids is 1. The van der Waals surface area contributed by atoms with E-state index in [2.05, 4.69) is 0 Å². The second-order valence-electron chi connectivity index (χ2n) is 3.98. The minimum atomic E-state index is -4.23. The number of alkyl halides is 3. The van der Waals surface area contributed by atoms with Crippen LogP contribution in [0.3, 0.4) is 0 Å². The van der Waals surface area contributed by atoms with Crippen molar-refractivity contribution >= 4 is 5.97 Å². The van der Waals surface area contributed by atoms with Crippen LogP contribution in [0.2, 0.25) is 0 Å². The monoisotopic (exact) mass is 257 g/mol. The molecule has 102 valence electrons. The molecular formula is C10H18F3NO3. The second kappa shape index (κ2) is 7.50. The van der Waals surface area contributed by atoms with E-state index in [1.165, 1.54) is 0 Å². The van der Waals surface area contributed by atoms with E-state index in [-0.39, 0.29) is 18.9 Å². The standard InChI is InChI=1S/C10H18F3NO3/c1-7(17-3-2-10(11,12)13)4-8(6-14)5-9(15)16/h7-8H,2-6,14H2,1H3,(H,15,16). The van der Waals surface area contributed by atoms with Crippen LogP contribution >= 0.6 is 0 Å². The molecule has 0 aliphatic carbocycles. The van der Waals surface area contributed by atoms with Crippen molar-refractivity contribution in [1.29, 1.82) is 0 Å². The van der Waals surface area contributed by atoms with E-state index in [1.54, 1.807) is 6.92 Å². The molecule has 0 aromatic heterocycles. The molecule has 0 rings (SSSR count). The van der Waals surface area contributed by atoms with E-state index >= 15 is 0 Å². The Morgan fingerprint density at radius 1 is 1.47 bits per heavy atom. The van der Waals surface area contributed by atoms with Crippen molar-refractivity contribution in [2.75, 3.05) is 13.2 Å². The van der Waals surface area contributed by atoms with Crippen LogP contribution in [0.1, 0.15) is 26.2 Å². The summed E-state index contributed by atoms with van der Waals surface area (Å²) in [7, 11) is 0. The van der Waals surface area contributed by atoms with Crippen molar-refractivity contribution in [2.45, 2.75) is 38.5 Å². The van der Waals surface area contributed by atoms with Gasteiger partial charge in [-0.05, 0) is 25.8 Å². The zero-order chi connectivity index (χ0) is 13.5. The van der Waals surface area contributed by atoms with E-state index < -0.39 is 31.3 Å². The second-order valence-corrected chi connectivity index (χ2v) is 3.98. The Bertz CT molecular complexity index is 233. The number of carbonyl (C=O) groups is 1. The molecule has 0 fully saturated rings. The molecule has 0 aliphatic rings. The average Bonchev–Trinajstić information content (AvgIpc) is 2.13. The number of hydrogen-bond acceptors (Lipinski definition) is 3. The Morgan fingerprint density at radius 3 is 2.47 bits per heavy atom. The first-order chi connectivity index (χ1) is 7.74. The van der Waals surface area contributed by atoms with Crippen LogP contribution in [0.4, 0.5) is 13.2 Å². The number of nitrogens with two attached hydrogens (primary N) is 1. The highest BCUT2D eigenvalue weighted by atomic mass is 19.4. The number of ether oxygens (including phenoxy) is 1. The van der Waals surface area contributed by atoms with Crippen LogP contribution in [0.25, 0.3) is 0 Å². The summed E-state index contributed by atoms with van der Waals surface area (Å²) in [5.74, 6) is -1.24. The van der Waals surface area contributed by atoms with Crippen molar-refractivity contribution in [3.63, 3.8) is 0 Å². The van der Waals surface area contributed by atoms with Gasteiger partial charge in [-0.2, -0.15) is 13.2 Å². The van der Waals surface area contributed by atoms with Crippen LogP contribution in [0, 0.1) is 5.92 Å². The molecule has 2 unspecified atom stereocenters. The van der Waals surface area contributed by atoms with Gasteiger partial charge in [-0.15, -0.1) is 0 Å². The predicted molar refractivity (Wildman–Crippen MR) is 55.5 cm³/mol. The van der Waals surface area contributed by atoms with Crippen LogP contribution in [-0.4, -0.2) is 36.5 Å². The lowest BCUT2D eigenvalue weighted by Gasteiger charge is -2.19. The predicted octanol–water partition coefficient (Wildman–Crippen LogP) is 1.78. The van der Waals surface area contributed by atoms with E-state index in [0.29, 0.717) is 6.42 Å². The molecule has 0 aromatic carbocycles. The zero-order valence-electron chi connectivity index (χ0n) is 9.67. The summed E-state index contributed by atoms with van der Waals surface area (Å²) >= 11 is 0. The molecule has 0 saturated heterocycles. The molecular weight excluding hydrogens is 239 g/mol. The van der Waals surface area contributed by atoms with Crippen LogP contribution < -0.4 is 5.73 Å². The molecule has 0 aliphatic heterocycles. The van der Waals surface area contributed by atoms with Gasteiger partial charge in [0.25, 0.3) is 0 Å². The number of hydrogen-bond donors (Lipinski definition) is 2. The Balaban J connectivity index is 3.82. The van der Waals surface area contributed by atoms with Gasteiger partial charge in [0.15, 0.2) is 0 Å². The Kier molecular flexibility index (Phi) is 7.13. The van der Waals surface area contributed by atoms with Gasteiger partial charge in [0.1, 0.15) is 0 Å². The molecule has 0 radical (unpaired) electrons. The number of rotatable bonds is 8.